The SMILES string of the molecule is CC(C)OCCCCNC(=O)[C@@H](N)CCc1ccccc1. The average molecular weight is 292 g/mol. The van der Waals surface area contributed by atoms with E-state index in [2.05, 4.69) is 17.4 Å². The number of carbonyl (C=O) groups excluding carboxylic acids is 1. The van der Waals surface area contributed by atoms with Crippen LogP contribution in [0.25, 0.3) is 0 Å². The smallest absolute Gasteiger partial charge is 0.236 e. The molecule has 1 rings (SSSR count). The Morgan fingerprint density at radius 3 is 2.62 bits per heavy atom. The van der Waals surface area contributed by atoms with Crippen molar-refractivity contribution in [3.63, 3.8) is 0 Å². The number of unbranched alkanes of at least 4 members (excludes halogenated alkanes) is 1. The predicted molar refractivity (Wildman–Crippen MR) is 86.1 cm³/mol. The molecule has 1 aromatic rings. The average Bonchev–Trinajstić information content (AvgIpc) is 2.48. The first kappa shape index (κ1) is 17.7. The molecule has 21 heavy (non-hydrogen) atoms. The molecule has 0 aromatic heterocycles. The molecule has 0 saturated heterocycles. The summed E-state index contributed by atoms with van der Waals surface area (Å²) in [5.41, 5.74) is 7.12. The number of aryl methyl sites for hydroxylation is 1. The number of nitrogens with one attached hydrogen (secondary N) is 1. The van der Waals surface area contributed by atoms with E-state index in [0.29, 0.717) is 13.0 Å². The zero-order valence-corrected chi connectivity index (χ0v) is 13.2. The molecule has 0 spiro atoms. The maximum Gasteiger partial charge on any atom is 0.236 e. The summed E-state index contributed by atoms with van der Waals surface area (Å²) in [6.45, 7) is 5.45. The van der Waals surface area contributed by atoms with Crippen molar-refractivity contribution in [1.82, 2.24) is 5.32 Å². The van der Waals surface area contributed by atoms with Crippen LogP contribution in [0.4, 0.5) is 0 Å². The van der Waals surface area contributed by atoms with Crippen LogP contribution in [0, 0.1) is 0 Å². The van der Waals surface area contributed by atoms with Gasteiger partial charge < -0.3 is 15.8 Å². The van der Waals surface area contributed by atoms with Crippen LogP contribution in [0.1, 0.15) is 38.7 Å². The van der Waals surface area contributed by atoms with E-state index in [1.807, 2.05) is 32.0 Å². The van der Waals surface area contributed by atoms with Crippen molar-refractivity contribution < 1.29 is 9.53 Å². The van der Waals surface area contributed by atoms with Crippen molar-refractivity contribution in [1.29, 1.82) is 0 Å². The first-order chi connectivity index (χ1) is 10.1. The van der Waals surface area contributed by atoms with Crippen LogP contribution < -0.4 is 11.1 Å². The van der Waals surface area contributed by atoms with E-state index < -0.39 is 6.04 Å². The monoisotopic (exact) mass is 292 g/mol. The Morgan fingerprint density at radius 2 is 1.95 bits per heavy atom. The molecule has 0 bridgehead atoms. The Kier molecular flexibility index (Phi) is 8.71. The Bertz CT molecular complexity index is 393. The fraction of sp³-hybridized carbons (Fsp3) is 0.588. The second kappa shape index (κ2) is 10.4. The summed E-state index contributed by atoms with van der Waals surface area (Å²) in [5, 5.41) is 2.89. The van der Waals surface area contributed by atoms with Gasteiger partial charge in [-0.1, -0.05) is 30.3 Å². The second-order valence-electron chi connectivity index (χ2n) is 5.55. The third-order valence-corrected chi connectivity index (χ3v) is 3.25. The number of hydrogen-bond donors (Lipinski definition) is 2. The van der Waals surface area contributed by atoms with Gasteiger partial charge in [0, 0.05) is 13.2 Å². The first-order valence-electron chi connectivity index (χ1n) is 7.78. The second-order valence-corrected chi connectivity index (χ2v) is 5.55. The van der Waals surface area contributed by atoms with E-state index >= 15 is 0 Å². The lowest BCUT2D eigenvalue weighted by Crippen LogP contribution is -2.41. The van der Waals surface area contributed by atoms with Crippen molar-refractivity contribution >= 4 is 5.91 Å². The number of carbonyl (C=O) groups is 1. The van der Waals surface area contributed by atoms with Gasteiger partial charge in [0.15, 0.2) is 0 Å². The summed E-state index contributed by atoms with van der Waals surface area (Å²) < 4.78 is 5.45. The summed E-state index contributed by atoms with van der Waals surface area (Å²) >= 11 is 0. The van der Waals surface area contributed by atoms with Gasteiger partial charge in [0.05, 0.1) is 12.1 Å². The summed E-state index contributed by atoms with van der Waals surface area (Å²) in [6, 6.07) is 9.66. The van der Waals surface area contributed by atoms with Gasteiger partial charge in [-0.3, -0.25) is 4.79 Å². The molecule has 0 aliphatic heterocycles. The normalized spacial score (nSPS) is 12.4. The van der Waals surface area contributed by atoms with Gasteiger partial charge in [0.25, 0.3) is 0 Å². The third kappa shape index (κ3) is 8.48. The van der Waals surface area contributed by atoms with Crippen molar-refractivity contribution in [2.45, 2.75) is 51.7 Å². The highest BCUT2D eigenvalue weighted by molar-refractivity contribution is 5.81. The molecular weight excluding hydrogens is 264 g/mol. The molecule has 1 atom stereocenters. The molecule has 4 heteroatoms. The van der Waals surface area contributed by atoms with Gasteiger partial charge in [-0.05, 0) is 45.1 Å². The Balaban J connectivity index is 2.08. The molecule has 0 heterocycles. The van der Waals surface area contributed by atoms with Gasteiger partial charge >= 0.3 is 0 Å². The first-order valence-corrected chi connectivity index (χ1v) is 7.78. The molecule has 0 aliphatic rings. The van der Waals surface area contributed by atoms with Crippen LogP contribution in [-0.4, -0.2) is 31.2 Å². The highest BCUT2D eigenvalue weighted by Gasteiger charge is 2.12. The van der Waals surface area contributed by atoms with Crippen LogP contribution in [-0.2, 0) is 16.0 Å². The van der Waals surface area contributed by atoms with Crippen LogP contribution >= 0.6 is 0 Å². The maximum atomic E-state index is 11.8. The molecule has 0 radical (unpaired) electrons. The number of rotatable bonds is 10. The van der Waals surface area contributed by atoms with Gasteiger partial charge in [0.1, 0.15) is 0 Å². The molecule has 0 unspecified atom stereocenters. The van der Waals surface area contributed by atoms with Gasteiger partial charge in [-0.15, -0.1) is 0 Å². The molecule has 3 N–H and O–H groups in total. The minimum Gasteiger partial charge on any atom is -0.379 e. The van der Waals surface area contributed by atoms with Crippen molar-refractivity contribution in [2.75, 3.05) is 13.2 Å². The van der Waals surface area contributed by atoms with Crippen LogP contribution in [0.2, 0.25) is 0 Å². The molecule has 1 amide bonds. The zero-order chi connectivity index (χ0) is 15.5. The van der Waals surface area contributed by atoms with Gasteiger partial charge in [-0.25, -0.2) is 0 Å². The number of ether oxygens (including phenoxy) is 1. The zero-order valence-electron chi connectivity index (χ0n) is 13.2. The van der Waals surface area contributed by atoms with E-state index in [4.69, 9.17) is 10.5 Å². The van der Waals surface area contributed by atoms with E-state index in [1.165, 1.54) is 5.56 Å². The minimum atomic E-state index is -0.433. The number of benzene rings is 1. The largest absolute Gasteiger partial charge is 0.379 e. The number of nitrogens with two attached hydrogens (primary N) is 1. The fourth-order valence-corrected chi connectivity index (χ4v) is 1.99. The van der Waals surface area contributed by atoms with E-state index in [1.54, 1.807) is 0 Å². The number of amides is 1. The molecule has 4 nitrogen and oxygen atoms in total. The van der Waals surface area contributed by atoms with E-state index in [0.717, 1.165) is 25.9 Å². The highest BCUT2D eigenvalue weighted by atomic mass is 16.5. The summed E-state index contributed by atoms with van der Waals surface area (Å²) in [6.07, 6.45) is 3.65. The van der Waals surface area contributed by atoms with Gasteiger partial charge in [-0.2, -0.15) is 0 Å². The lowest BCUT2D eigenvalue weighted by Gasteiger charge is -2.12. The molecule has 1 aromatic carbocycles. The predicted octanol–water partition coefficient (Wildman–Crippen LogP) is 2.27. The molecular formula is C17H28N2O2. The van der Waals surface area contributed by atoms with E-state index in [9.17, 15) is 4.79 Å². The molecule has 0 saturated carbocycles. The van der Waals surface area contributed by atoms with Crippen molar-refractivity contribution in [2.24, 2.45) is 5.73 Å². The topological polar surface area (TPSA) is 64.3 Å². The lowest BCUT2D eigenvalue weighted by molar-refractivity contribution is -0.122. The molecule has 118 valence electrons. The summed E-state index contributed by atoms with van der Waals surface area (Å²) in [4.78, 5) is 11.8. The van der Waals surface area contributed by atoms with Crippen LogP contribution in [0.5, 0.6) is 0 Å². The van der Waals surface area contributed by atoms with Crippen molar-refractivity contribution in [3.8, 4) is 0 Å². The Morgan fingerprint density at radius 1 is 1.24 bits per heavy atom. The van der Waals surface area contributed by atoms with E-state index in [-0.39, 0.29) is 12.0 Å². The Labute approximate surface area is 128 Å². The summed E-state index contributed by atoms with van der Waals surface area (Å²) in [7, 11) is 0. The minimum absolute atomic E-state index is 0.0595. The van der Waals surface area contributed by atoms with Crippen LogP contribution in [0.15, 0.2) is 30.3 Å². The molecule has 0 aliphatic carbocycles. The lowest BCUT2D eigenvalue weighted by atomic mass is 10.1. The Hall–Kier alpha value is -1.39. The third-order valence-electron chi connectivity index (χ3n) is 3.25. The standard InChI is InChI=1S/C17H28N2O2/c1-14(2)21-13-7-6-12-19-17(20)16(18)11-10-15-8-4-3-5-9-15/h3-5,8-9,14,16H,6-7,10-13,18H2,1-2H3,(H,19,20)/t16-/m0/s1. The van der Waals surface area contributed by atoms with Crippen LogP contribution in [0.3, 0.4) is 0 Å². The number of hydrogen-bond acceptors (Lipinski definition) is 3. The quantitative estimate of drug-likeness (QED) is 0.650. The maximum absolute atomic E-state index is 11.8. The highest BCUT2D eigenvalue weighted by Crippen LogP contribution is 2.04. The van der Waals surface area contributed by atoms with Gasteiger partial charge in [0.2, 0.25) is 5.91 Å². The van der Waals surface area contributed by atoms with Crippen molar-refractivity contribution in [3.05, 3.63) is 35.9 Å². The molecule has 0 fully saturated rings. The fourth-order valence-electron chi connectivity index (χ4n) is 1.99. The summed E-state index contributed by atoms with van der Waals surface area (Å²) in [5.74, 6) is -0.0595.